The minimum absolute atomic E-state index is 0.00733. The number of benzene rings is 3. The number of allylic oxidation sites excluding steroid dienone is 1. The lowest BCUT2D eigenvalue weighted by atomic mass is 9.83. The average molecular weight is 534 g/mol. The Hall–Kier alpha value is -3.44. The number of rotatable bonds is 5. The molecule has 1 aliphatic heterocycles. The maximum atomic E-state index is 14.7. The second kappa shape index (κ2) is 10.0. The number of hydrogen-bond acceptors (Lipinski definition) is 6. The van der Waals surface area contributed by atoms with Gasteiger partial charge in [0.15, 0.2) is 5.75 Å². The van der Waals surface area contributed by atoms with Crippen molar-refractivity contribution in [2.24, 2.45) is 5.73 Å². The van der Waals surface area contributed by atoms with Gasteiger partial charge < -0.3 is 19.9 Å². The molecule has 1 aliphatic rings. The summed E-state index contributed by atoms with van der Waals surface area (Å²) >= 11 is 18.6. The van der Waals surface area contributed by atoms with Gasteiger partial charge in [0.2, 0.25) is 5.88 Å². The van der Waals surface area contributed by atoms with E-state index in [0.29, 0.717) is 12.2 Å². The van der Waals surface area contributed by atoms with Gasteiger partial charge in [-0.3, -0.25) is 0 Å². The van der Waals surface area contributed by atoms with E-state index in [2.05, 4.69) is 0 Å². The summed E-state index contributed by atoms with van der Waals surface area (Å²) in [4.78, 5) is 12.7. The fourth-order valence-electron chi connectivity index (χ4n) is 3.71. The van der Waals surface area contributed by atoms with Gasteiger partial charge in [0.25, 0.3) is 0 Å². The van der Waals surface area contributed by atoms with Crippen molar-refractivity contribution in [2.45, 2.75) is 12.8 Å². The summed E-state index contributed by atoms with van der Waals surface area (Å²) in [6.45, 7) is 2.13. The van der Waals surface area contributed by atoms with Gasteiger partial charge in [0.1, 0.15) is 29.0 Å². The molecule has 0 aromatic heterocycles. The second-order valence-corrected chi connectivity index (χ2v) is 8.57. The molecule has 0 aliphatic carbocycles. The molecule has 0 saturated heterocycles. The third-order valence-electron chi connectivity index (χ3n) is 5.21. The molecule has 1 heterocycles. The van der Waals surface area contributed by atoms with E-state index in [0.717, 1.165) is 0 Å². The monoisotopic (exact) mass is 532 g/mol. The molecule has 4 rings (SSSR count). The van der Waals surface area contributed by atoms with Crippen LogP contribution in [-0.2, 0) is 0 Å². The number of hydrogen-bond donors (Lipinski definition) is 1. The number of nitrogens with two attached hydrogens (primary N) is 1. The van der Waals surface area contributed by atoms with E-state index in [-0.39, 0.29) is 54.9 Å². The molecule has 2 N–H and O–H groups in total. The Morgan fingerprint density at radius 2 is 1.86 bits per heavy atom. The summed E-state index contributed by atoms with van der Waals surface area (Å²) in [7, 11) is 0. The lowest BCUT2D eigenvalue weighted by molar-refractivity contribution is 0.0734. The van der Waals surface area contributed by atoms with Crippen LogP contribution in [0.25, 0.3) is 0 Å². The van der Waals surface area contributed by atoms with Crippen molar-refractivity contribution in [3.05, 3.63) is 97.6 Å². The highest BCUT2D eigenvalue weighted by Crippen LogP contribution is 2.46. The van der Waals surface area contributed by atoms with Crippen molar-refractivity contribution in [1.29, 1.82) is 5.26 Å². The molecule has 3 aromatic rings. The fourth-order valence-corrected chi connectivity index (χ4v) is 4.58. The second-order valence-electron chi connectivity index (χ2n) is 7.35. The Kier molecular flexibility index (Phi) is 7.08. The minimum Gasteiger partial charge on any atom is -0.491 e. The molecule has 35 heavy (non-hydrogen) atoms. The quantitative estimate of drug-likeness (QED) is 0.292. The number of nitrogens with zero attached hydrogens (tertiary/aromatic N) is 1. The number of carbonyl (C=O) groups is 1. The number of nitriles is 1. The van der Waals surface area contributed by atoms with Crippen molar-refractivity contribution in [3.63, 3.8) is 0 Å². The number of ether oxygens (including phenoxy) is 3. The first-order valence-electron chi connectivity index (χ1n) is 10.2. The number of fused-ring (bicyclic) bond motifs is 1. The van der Waals surface area contributed by atoms with Crippen molar-refractivity contribution in [1.82, 2.24) is 0 Å². The largest absolute Gasteiger partial charge is 0.491 e. The molecule has 1 unspecified atom stereocenters. The first-order chi connectivity index (χ1) is 16.7. The van der Waals surface area contributed by atoms with E-state index >= 15 is 0 Å². The van der Waals surface area contributed by atoms with Gasteiger partial charge in [-0.15, -0.1) is 0 Å². The fraction of sp³-hybridized carbons (Fsp3) is 0.120. The van der Waals surface area contributed by atoms with Crippen LogP contribution in [0.4, 0.5) is 4.39 Å². The average Bonchev–Trinajstić information content (AvgIpc) is 2.81. The van der Waals surface area contributed by atoms with Crippen LogP contribution in [0, 0.1) is 17.1 Å². The van der Waals surface area contributed by atoms with Crippen LogP contribution in [0.2, 0.25) is 15.1 Å². The summed E-state index contributed by atoms with van der Waals surface area (Å²) in [6, 6.07) is 13.4. The minimum atomic E-state index is -0.911. The maximum Gasteiger partial charge on any atom is 0.343 e. The maximum absolute atomic E-state index is 14.7. The first-order valence-corrected chi connectivity index (χ1v) is 11.4. The molecular weight excluding hydrogens is 518 g/mol. The van der Waals surface area contributed by atoms with E-state index in [1.165, 1.54) is 42.5 Å². The highest BCUT2D eigenvalue weighted by Gasteiger charge is 2.34. The normalized spacial score (nSPS) is 14.6. The van der Waals surface area contributed by atoms with Gasteiger partial charge in [0, 0.05) is 22.2 Å². The molecular formula is C25H16Cl3FN2O4. The third kappa shape index (κ3) is 4.73. The number of carbonyl (C=O) groups excluding carboxylic acids is 1. The third-order valence-corrected chi connectivity index (χ3v) is 6.10. The Bertz CT molecular complexity index is 1380. The molecule has 0 radical (unpaired) electrons. The number of halogens is 4. The van der Waals surface area contributed by atoms with Crippen LogP contribution in [0.5, 0.6) is 17.2 Å². The lowest BCUT2D eigenvalue weighted by Crippen LogP contribution is -2.22. The van der Waals surface area contributed by atoms with Crippen LogP contribution in [0.1, 0.15) is 34.3 Å². The summed E-state index contributed by atoms with van der Waals surface area (Å²) in [5.74, 6) is -1.90. The smallest absolute Gasteiger partial charge is 0.343 e. The molecule has 6 nitrogen and oxygen atoms in total. The summed E-state index contributed by atoms with van der Waals surface area (Å²) in [5.41, 5.74) is 6.59. The van der Waals surface area contributed by atoms with E-state index in [1.807, 2.05) is 6.07 Å². The summed E-state index contributed by atoms with van der Waals surface area (Å²) in [6.07, 6.45) is 0. The zero-order chi connectivity index (χ0) is 25.3. The molecule has 1 atom stereocenters. The van der Waals surface area contributed by atoms with Gasteiger partial charge in [-0.25, -0.2) is 9.18 Å². The predicted molar refractivity (Wildman–Crippen MR) is 130 cm³/mol. The van der Waals surface area contributed by atoms with E-state index in [1.54, 1.807) is 13.0 Å². The standard InChI is InChI=1S/C25H16Cl3FN2O4/c1-2-33-23-17(27)8-12(9-18(23)28)25(32)34-13-6-7-14-20(10-13)35-24(31)15(11-30)21(14)22-16(26)4-3-5-19(22)29/h3-10,21H,2,31H2,1H3. The van der Waals surface area contributed by atoms with Crippen LogP contribution < -0.4 is 19.9 Å². The first kappa shape index (κ1) is 24.7. The molecule has 0 bridgehead atoms. The van der Waals surface area contributed by atoms with Gasteiger partial charge >= 0.3 is 5.97 Å². The zero-order valence-electron chi connectivity index (χ0n) is 18.1. The summed E-state index contributed by atoms with van der Waals surface area (Å²) < 4.78 is 31.2. The van der Waals surface area contributed by atoms with Gasteiger partial charge in [-0.2, -0.15) is 5.26 Å². The van der Waals surface area contributed by atoms with Crippen molar-refractivity contribution in [3.8, 4) is 23.3 Å². The van der Waals surface area contributed by atoms with E-state index < -0.39 is 17.7 Å². The summed E-state index contributed by atoms with van der Waals surface area (Å²) in [5, 5.41) is 10.1. The molecule has 0 amide bonds. The van der Waals surface area contributed by atoms with Gasteiger partial charge in [0.05, 0.1) is 28.1 Å². The van der Waals surface area contributed by atoms with E-state index in [4.69, 9.17) is 54.7 Å². The Morgan fingerprint density at radius 3 is 2.49 bits per heavy atom. The molecule has 0 spiro atoms. The molecule has 10 heteroatoms. The molecule has 178 valence electrons. The zero-order valence-corrected chi connectivity index (χ0v) is 20.3. The molecule has 0 saturated carbocycles. The highest BCUT2D eigenvalue weighted by molar-refractivity contribution is 6.37. The Morgan fingerprint density at radius 1 is 1.14 bits per heavy atom. The van der Waals surface area contributed by atoms with Crippen molar-refractivity contribution >= 4 is 40.8 Å². The Labute approximate surface area is 215 Å². The Balaban J connectivity index is 1.69. The van der Waals surface area contributed by atoms with Crippen LogP contribution >= 0.6 is 34.8 Å². The van der Waals surface area contributed by atoms with Gasteiger partial charge in [-0.1, -0.05) is 46.9 Å². The van der Waals surface area contributed by atoms with Crippen molar-refractivity contribution < 1.29 is 23.4 Å². The molecule has 3 aromatic carbocycles. The van der Waals surface area contributed by atoms with Gasteiger partial charge in [-0.05, 0) is 37.3 Å². The lowest BCUT2D eigenvalue weighted by Gasteiger charge is -2.27. The molecule has 0 fully saturated rings. The predicted octanol–water partition coefficient (Wildman–Crippen LogP) is 6.62. The van der Waals surface area contributed by atoms with Crippen LogP contribution in [0.3, 0.4) is 0 Å². The van der Waals surface area contributed by atoms with Crippen LogP contribution in [-0.4, -0.2) is 12.6 Å². The topological polar surface area (TPSA) is 94.6 Å². The van der Waals surface area contributed by atoms with Crippen molar-refractivity contribution in [2.75, 3.05) is 6.61 Å². The van der Waals surface area contributed by atoms with E-state index in [9.17, 15) is 14.4 Å². The highest BCUT2D eigenvalue weighted by atomic mass is 35.5. The number of esters is 1. The van der Waals surface area contributed by atoms with Crippen LogP contribution in [0.15, 0.2) is 60.0 Å². The SMILES string of the molecule is CCOc1c(Cl)cc(C(=O)Oc2ccc3c(c2)OC(N)=C(C#N)C3c2c(F)cccc2Cl)cc1Cl.